The Hall–Kier alpha value is -3.62. The van der Waals surface area contributed by atoms with E-state index in [1.54, 1.807) is 10.7 Å². The first kappa shape index (κ1) is 24.4. The van der Waals surface area contributed by atoms with Gasteiger partial charge in [0, 0.05) is 35.6 Å². The molecule has 9 nitrogen and oxygen atoms in total. The Balaban J connectivity index is 1.06. The van der Waals surface area contributed by atoms with E-state index in [-0.39, 0.29) is 11.3 Å². The molecule has 2 heterocycles. The standard InChI is InChI=1S/C30H37N7O2/c1-17-15-31-29(33-24-5-3-4-19(11-24)16-37-25(38)8-18(2)36-37)35-27(17)34-26-21-9-20-10-22(26)14-30(12-20,13-21)28(39)32-23-6-7-23/h3-5,8,11,15,20-23,26,38H,6-7,9-10,12-14,16H2,1-2H3,(H,32,39)(H2,31,33,34,35)/t20?,21?,22?,26-,30+. The van der Waals surface area contributed by atoms with E-state index in [0.717, 1.165) is 60.4 Å². The van der Waals surface area contributed by atoms with Crippen molar-refractivity contribution in [1.82, 2.24) is 25.1 Å². The van der Waals surface area contributed by atoms with Gasteiger partial charge in [-0.15, -0.1) is 0 Å². The fourth-order valence-electron chi connectivity index (χ4n) is 7.61. The van der Waals surface area contributed by atoms with Gasteiger partial charge in [-0.2, -0.15) is 10.1 Å². The topological polar surface area (TPSA) is 117 Å². The largest absolute Gasteiger partial charge is 0.493 e. The quantitative estimate of drug-likeness (QED) is 0.336. The molecule has 0 radical (unpaired) electrons. The molecule has 2 unspecified atom stereocenters. The number of hydrogen-bond donors (Lipinski definition) is 4. The van der Waals surface area contributed by atoms with E-state index in [9.17, 15) is 9.90 Å². The maximum Gasteiger partial charge on any atom is 0.229 e. The van der Waals surface area contributed by atoms with Gasteiger partial charge in [-0.3, -0.25) is 4.79 Å². The number of aromatic hydroxyl groups is 1. The molecule has 5 fully saturated rings. The van der Waals surface area contributed by atoms with Crippen molar-refractivity contribution in [1.29, 1.82) is 0 Å². The highest BCUT2D eigenvalue weighted by molar-refractivity contribution is 5.84. The van der Waals surface area contributed by atoms with E-state index in [2.05, 4.69) is 26.0 Å². The van der Waals surface area contributed by atoms with Crippen LogP contribution in [0, 0.1) is 37.0 Å². The Bertz CT molecular complexity index is 1400. The van der Waals surface area contributed by atoms with Gasteiger partial charge in [-0.1, -0.05) is 12.1 Å². The van der Waals surface area contributed by atoms with Crippen LogP contribution in [0.25, 0.3) is 0 Å². The van der Waals surface area contributed by atoms with Crippen molar-refractivity contribution in [2.75, 3.05) is 10.6 Å². The molecule has 2 aromatic heterocycles. The number of carbonyl (C=O) groups is 1. The van der Waals surface area contributed by atoms with Crippen LogP contribution >= 0.6 is 0 Å². The van der Waals surface area contributed by atoms with Gasteiger partial charge in [0.1, 0.15) is 5.82 Å². The van der Waals surface area contributed by atoms with Crippen LogP contribution in [-0.2, 0) is 11.3 Å². The van der Waals surface area contributed by atoms with Crippen molar-refractivity contribution in [3.63, 3.8) is 0 Å². The van der Waals surface area contributed by atoms with E-state index in [0.29, 0.717) is 48.2 Å². The predicted molar refractivity (Wildman–Crippen MR) is 149 cm³/mol. The molecule has 5 aliphatic rings. The third-order valence-corrected chi connectivity index (χ3v) is 9.34. The molecule has 39 heavy (non-hydrogen) atoms. The third kappa shape index (κ3) is 4.72. The monoisotopic (exact) mass is 527 g/mol. The minimum absolute atomic E-state index is 0.151. The molecule has 2 atom stereocenters. The molecule has 9 heteroatoms. The SMILES string of the molecule is Cc1cc(O)n(Cc2cccc(Nc3ncc(C)c(N[C@H]4C5CC6CC4C[C@@](C(=O)NC4CC4)(C6)C5)n3)c2)n1. The first-order chi connectivity index (χ1) is 18.8. The maximum atomic E-state index is 13.3. The zero-order valence-electron chi connectivity index (χ0n) is 22.7. The maximum absolute atomic E-state index is 13.3. The van der Waals surface area contributed by atoms with Crippen molar-refractivity contribution < 1.29 is 9.90 Å². The summed E-state index contributed by atoms with van der Waals surface area (Å²) in [7, 11) is 0. The molecule has 1 aromatic carbocycles. The summed E-state index contributed by atoms with van der Waals surface area (Å²) in [6.45, 7) is 4.38. The van der Waals surface area contributed by atoms with E-state index in [1.165, 1.54) is 12.8 Å². The summed E-state index contributed by atoms with van der Waals surface area (Å²) in [5.41, 5.74) is 3.54. The molecule has 0 saturated heterocycles. The first-order valence-electron chi connectivity index (χ1n) is 14.3. The molecule has 5 saturated carbocycles. The van der Waals surface area contributed by atoms with Gasteiger partial charge in [-0.05, 0) is 94.2 Å². The van der Waals surface area contributed by atoms with Crippen molar-refractivity contribution >= 4 is 23.4 Å². The second-order valence-electron chi connectivity index (χ2n) is 12.5. The molecule has 0 spiro atoms. The number of nitrogens with one attached hydrogen (secondary N) is 3. The highest BCUT2D eigenvalue weighted by Gasteiger charge is 2.58. The summed E-state index contributed by atoms with van der Waals surface area (Å²) in [6, 6.07) is 10.4. The lowest BCUT2D eigenvalue weighted by molar-refractivity contribution is -0.147. The van der Waals surface area contributed by atoms with E-state index in [4.69, 9.17) is 4.98 Å². The van der Waals surface area contributed by atoms with E-state index >= 15 is 0 Å². The zero-order chi connectivity index (χ0) is 26.7. The molecule has 1 amide bonds. The minimum atomic E-state index is -0.151. The zero-order valence-corrected chi connectivity index (χ0v) is 22.7. The number of benzene rings is 1. The van der Waals surface area contributed by atoms with E-state index < -0.39 is 0 Å². The summed E-state index contributed by atoms with van der Waals surface area (Å²) in [6.07, 6.45) is 9.62. The molecule has 4 bridgehead atoms. The molecule has 4 N–H and O–H groups in total. The fraction of sp³-hybridized carbons (Fsp3) is 0.533. The summed E-state index contributed by atoms with van der Waals surface area (Å²) in [4.78, 5) is 22.7. The summed E-state index contributed by atoms with van der Waals surface area (Å²) < 4.78 is 1.59. The fourth-order valence-corrected chi connectivity index (χ4v) is 7.61. The highest BCUT2D eigenvalue weighted by atomic mass is 16.3. The first-order valence-corrected chi connectivity index (χ1v) is 14.3. The van der Waals surface area contributed by atoms with Gasteiger partial charge in [0.25, 0.3) is 0 Å². The molecule has 8 rings (SSSR count). The van der Waals surface area contributed by atoms with Crippen molar-refractivity contribution in [2.45, 2.75) is 77.4 Å². The predicted octanol–water partition coefficient (Wildman–Crippen LogP) is 4.67. The van der Waals surface area contributed by atoms with Crippen LogP contribution in [0.5, 0.6) is 5.88 Å². The molecular formula is C30H37N7O2. The number of aromatic nitrogens is 4. The number of amides is 1. The van der Waals surface area contributed by atoms with Gasteiger partial charge >= 0.3 is 0 Å². The van der Waals surface area contributed by atoms with E-state index in [1.807, 2.05) is 44.3 Å². The van der Waals surface area contributed by atoms with Gasteiger partial charge in [0.05, 0.1) is 17.7 Å². The number of hydrogen-bond acceptors (Lipinski definition) is 7. The molecule has 5 aliphatic carbocycles. The van der Waals surface area contributed by atoms with Gasteiger partial charge in [0.15, 0.2) is 0 Å². The van der Waals surface area contributed by atoms with Crippen LogP contribution in [0.1, 0.15) is 61.8 Å². The number of rotatable bonds is 8. The van der Waals surface area contributed by atoms with Crippen LogP contribution in [0.3, 0.4) is 0 Å². The van der Waals surface area contributed by atoms with Crippen molar-refractivity contribution in [2.24, 2.45) is 23.2 Å². The van der Waals surface area contributed by atoms with Gasteiger partial charge < -0.3 is 21.1 Å². The lowest BCUT2D eigenvalue weighted by atomic mass is 9.47. The number of aryl methyl sites for hydroxylation is 2. The number of nitrogens with zero attached hydrogens (tertiary/aromatic N) is 4. The minimum Gasteiger partial charge on any atom is -0.493 e. The van der Waals surface area contributed by atoms with Crippen molar-refractivity contribution in [3.8, 4) is 5.88 Å². The van der Waals surface area contributed by atoms with Crippen LogP contribution in [0.4, 0.5) is 17.5 Å². The molecule has 0 aliphatic heterocycles. The lowest BCUT2D eigenvalue weighted by Gasteiger charge is -2.59. The summed E-state index contributed by atoms with van der Waals surface area (Å²) >= 11 is 0. The number of anilines is 3. The Kier molecular flexibility index (Phi) is 5.79. The average Bonchev–Trinajstić information content (AvgIpc) is 3.65. The van der Waals surface area contributed by atoms with Gasteiger partial charge in [-0.25, -0.2) is 9.67 Å². The summed E-state index contributed by atoms with van der Waals surface area (Å²) in [5.74, 6) is 3.58. The second kappa shape index (κ2) is 9.24. The normalized spacial score (nSPS) is 28.9. The highest BCUT2D eigenvalue weighted by Crippen LogP contribution is 2.60. The molecule has 204 valence electrons. The smallest absolute Gasteiger partial charge is 0.229 e. The Labute approximate surface area is 228 Å². The van der Waals surface area contributed by atoms with Crippen molar-refractivity contribution in [3.05, 3.63) is 53.3 Å². The Morgan fingerprint density at radius 3 is 2.64 bits per heavy atom. The average molecular weight is 528 g/mol. The Morgan fingerprint density at radius 1 is 1.13 bits per heavy atom. The van der Waals surface area contributed by atoms with Crippen LogP contribution in [-0.4, -0.2) is 42.8 Å². The molecular weight excluding hydrogens is 490 g/mol. The van der Waals surface area contributed by atoms with Crippen LogP contribution in [0.2, 0.25) is 0 Å². The second-order valence-corrected chi connectivity index (χ2v) is 12.5. The lowest BCUT2D eigenvalue weighted by Crippen LogP contribution is -2.60. The molecule has 3 aromatic rings. The van der Waals surface area contributed by atoms with Crippen LogP contribution < -0.4 is 16.0 Å². The Morgan fingerprint density at radius 2 is 1.92 bits per heavy atom. The van der Waals surface area contributed by atoms with Gasteiger partial charge in [0.2, 0.25) is 17.7 Å². The summed E-state index contributed by atoms with van der Waals surface area (Å²) in [5, 5.41) is 24.9. The van der Waals surface area contributed by atoms with Crippen LogP contribution in [0.15, 0.2) is 36.5 Å². The third-order valence-electron chi connectivity index (χ3n) is 9.34. The number of carbonyl (C=O) groups excluding carboxylic acids is 1.